The largest absolute Gasteiger partial charge is 0.399 e. The van der Waals surface area contributed by atoms with Crippen LogP contribution in [-0.2, 0) is 21.2 Å². The summed E-state index contributed by atoms with van der Waals surface area (Å²) in [5.41, 5.74) is 10.9. The van der Waals surface area contributed by atoms with Crippen LogP contribution in [-0.4, -0.2) is 38.1 Å². The maximum absolute atomic E-state index is 13.0. The van der Waals surface area contributed by atoms with Crippen LogP contribution in [0.15, 0.2) is 83.4 Å². The van der Waals surface area contributed by atoms with Crippen LogP contribution >= 0.6 is 0 Å². The zero-order valence-electron chi connectivity index (χ0n) is 20.7. The number of anilines is 3. The Bertz CT molecular complexity index is 1410. The molecule has 0 spiro atoms. The average Bonchev–Trinajstić information content (AvgIpc) is 3.23. The third-order valence-corrected chi connectivity index (χ3v) is 8.65. The number of rotatable bonds is 8. The summed E-state index contributed by atoms with van der Waals surface area (Å²) in [5, 5.41) is 6.24. The van der Waals surface area contributed by atoms with Crippen molar-refractivity contribution in [2.75, 3.05) is 35.2 Å². The predicted molar refractivity (Wildman–Crippen MR) is 149 cm³/mol. The number of piperidine rings is 1. The van der Waals surface area contributed by atoms with Crippen molar-refractivity contribution in [2.24, 2.45) is 0 Å². The third kappa shape index (κ3) is 5.87. The summed E-state index contributed by atoms with van der Waals surface area (Å²) in [4.78, 5) is 15.8. The lowest BCUT2D eigenvalue weighted by atomic mass is 10.0. The first-order valence-electron chi connectivity index (χ1n) is 12.7. The highest BCUT2D eigenvalue weighted by Crippen LogP contribution is 2.36. The summed E-state index contributed by atoms with van der Waals surface area (Å²) in [5.74, 6) is -0.414. The maximum atomic E-state index is 13.0. The van der Waals surface area contributed by atoms with Gasteiger partial charge in [0.1, 0.15) is 0 Å². The van der Waals surface area contributed by atoms with Gasteiger partial charge in [-0.2, -0.15) is 0 Å². The van der Waals surface area contributed by atoms with Crippen molar-refractivity contribution in [1.82, 2.24) is 4.90 Å². The number of amides is 1. The molecule has 192 valence electrons. The number of nitrogens with two attached hydrogens (primary N) is 1. The first-order valence-corrected chi connectivity index (χ1v) is 14.3. The fraction of sp³-hybridized carbons (Fsp3) is 0.276. The molecule has 0 unspecified atom stereocenters. The second-order valence-electron chi connectivity index (χ2n) is 9.65. The number of likely N-dealkylation sites (tertiary alicyclic amines) is 1. The normalized spacial score (nSPS) is 17.2. The van der Waals surface area contributed by atoms with Crippen LogP contribution in [0.3, 0.4) is 0 Å². The number of nitrogens with one attached hydrogen (secondary N) is 2. The highest BCUT2D eigenvalue weighted by molar-refractivity contribution is 7.91. The Labute approximate surface area is 218 Å². The molecule has 2 heterocycles. The molecular formula is C29H32N4O3S. The van der Waals surface area contributed by atoms with Crippen molar-refractivity contribution in [3.8, 4) is 0 Å². The number of sulfone groups is 1. The molecule has 0 radical (unpaired) electrons. The van der Waals surface area contributed by atoms with Crippen molar-refractivity contribution in [1.29, 1.82) is 0 Å². The van der Waals surface area contributed by atoms with Crippen molar-refractivity contribution < 1.29 is 13.2 Å². The number of benzene rings is 3. The van der Waals surface area contributed by atoms with E-state index in [0.29, 0.717) is 28.2 Å². The zero-order valence-corrected chi connectivity index (χ0v) is 21.6. The number of nitrogen functional groups attached to an aromatic ring is 1. The molecule has 2 aliphatic heterocycles. The topological polar surface area (TPSA) is 105 Å². The molecule has 0 aliphatic carbocycles. The van der Waals surface area contributed by atoms with Crippen LogP contribution in [0.1, 0.15) is 36.8 Å². The van der Waals surface area contributed by atoms with Gasteiger partial charge in [-0.05, 0) is 74.0 Å². The first kappa shape index (κ1) is 25.0. The van der Waals surface area contributed by atoms with E-state index < -0.39 is 9.84 Å². The molecule has 1 fully saturated rings. The van der Waals surface area contributed by atoms with Crippen LogP contribution < -0.4 is 16.4 Å². The summed E-state index contributed by atoms with van der Waals surface area (Å²) >= 11 is 0. The minimum absolute atomic E-state index is 0.138. The van der Waals surface area contributed by atoms with Gasteiger partial charge in [-0.1, -0.05) is 36.8 Å². The minimum atomic E-state index is -3.54. The van der Waals surface area contributed by atoms with E-state index in [1.54, 1.807) is 48.5 Å². The number of hydrogen-bond donors (Lipinski definition) is 3. The van der Waals surface area contributed by atoms with E-state index >= 15 is 0 Å². The molecule has 4 N–H and O–H groups in total. The molecule has 3 aromatic carbocycles. The molecular weight excluding hydrogens is 484 g/mol. The molecule has 2 aliphatic rings. The van der Waals surface area contributed by atoms with Gasteiger partial charge in [0.05, 0.1) is 16.2 Å². The Hall–Kier alpha value is -3.62. The van der Waals surface area contributed by atoms with Gasteiger partial charge in [-0.3, -0.25) is 9.69 Å². The molecule has 0 saturated carbocycles. The number of allylic oxidation sites excluding steroid dienone is 1. The molecule has 5 rings (SSSR count). The van der Waals surface area contributed by atoms with Crippen molar-refractivity contribution in [3.05, 3.63) is 89.6 Å². The Balaban J connectivity index is 1.43. The van der Waals surface area contributed by atoms with Gasteiger partial charge in [0, 0.05) is 41.3 Å². The van der Waals surface area contributed by atoms with Gasteiger partial charge in [-0.25, -0.2) is 8.42 Å². The fourth-order valence-corrected chi connectivity index (χ4v) is 6.24. The smallest absolute Gasteiger partial charge is 0.258 e. The van der Waals surface area contributed by atoms with E-state index in [4.69, 9.17) is 5.73 Å². The number of hydrogen-bond acceptors (Lipinski definition) is 6. The number of fused-ring (bicyclic) bond motifs is 1. The number of nitrogens with zero attached hydrogens (tertiary/aromatic N) is 1. The van der Waals surface area contributed by atoms with E-state index in [-0.39, 0.29) is 23.0 Å². The van der Waals surface area contributed by atoms with Gasteiger partial charge in [-0.15, -0.1) is 0 Å². The van der Waals surface area contributed by atoms with Gasteiger partial charge >= 0.3 is 0 Å². The van der Waals surface area contributed by atoms with Gasteiger partial charge in [0.25, 0.3) is 5.91 Å². The lowest BCUT2D eigenvalue weighted by molar-refractivity contribution is -0.110. The van der Waals surface area contributed by atoms with E-state index in [1.165, 1.54) is 24.8 Å². The van der Waals surface area contributed by atoms with Gasteiger partial charge < -0.3 is 16.4 Å². The van der Waals surface area contributed by atoms with Crippen LogP contribution in [0.2, 0.25) is 0 Å². The highest BCUT2D eigenvalue weighted by atomic mass is 32.2. The second kappa shape index (κ2) is 10.8. The summed E-state index contributed by atoms with van der Waals surface area (Å²) in [6.45, 7) is 3.17. The SMILES string of the molecule is Nc1ccc2c(c1)C(=C(CCS(=O)(=O)c1ccccc1)Nc1ccc(CN3CCCCC3)cc1)C(=O)N2. The fourth-order valence-electron chi connectivity index (χ4n) is 4.96. The first-order chi connectivity index (χ1) is 17.9. The molecule has 1 saturated heterocycles. The highest BCUT2D eigenvalue weighted by Gasteiger charge is 2.29. The van der Waals surface area contributed by atoms with Crippen LogP contribution in [0.5, 0.6) is 0 Å². The van der Waals surface area contributed by atoms with Gasteiger partial charge in [0.15, 0.2) is 9.84 Å². The standard InChI is InChI=1S/C29H32N4O3S/c30-22-11-14-26-25(19-22)28(29(34)32-26)27(15-18-37(35,36)24-7-3-1-4-8-24)31-23-12-9-21(10-13-23)20-33-16-5-2-6-17-33/h1,3-4,7-14,19,31H,2,5-6,15-18,20,30H2,(H,32,34). The summed E-state index contributed by atoms with van der Waals surface area (Å²) in [6.07, 6.45) is 3.94. The van der Waals surface area contributed by atoms with Gasteiger partial charge in [0.2, 0.25) is 0 Å². The third-order valence-electron chi connectivity index (χ3n) is 6.92. The molecule has 7 nitrogen and oxygen atoms in total. The predicted octanol–water partition coefficient (Wildman–Crippen LogP) is 4.89. The lowest BCUT2D eigenvalue weighted by Crippen LogP contribution is -2.29. The quantitative estimate of drug-likeness (QED) is 0.291. The van der Waals surface area contributed by atoms with Crippen molar-refractivity contribution >= 4 is 38.4 Å². The van der Waals surface area contributed by atoms with Crippen molar-refractivity contribution in [3.63, 3.8) is 0 Å². The molecule has 1 amide bonds. The van der Waals surface area contributed by atoms with Crippen LogP contribution in [0, 0.1) is 0 Å². The molecule has 0 atom stereocenters. The summed E-state index contributed by atoms with van der Waals surface area (Å²) in [6, 6.07) is 21.8. The van der Waals surface area contributed by atoms with E-state index in [9.17, 15) is 13.2 Å². The van der Waals surface area contributed by atoms with E-state index in [1.807, 2.05) is 12.1 Å². The van der Waals surface area contributed by atoms with Crippen LogP contribution in [0.4, 0.5) is 17.1 Å². The average molecular weight is 517 g/mol. The molecule has 37 heavy (non-hydrogen) atoms. The molecule has 0 bridgehead atoms. The maximum Gasteiger partial charge on any atom is 0.258 e. The monoisotopic (exact) mass is 516 g/mol. The number of carbonyl (C=O) groups is 1. The lowest BCUT2D eigenvalue weighted by Gasteiger charge is -2.26. The Morgan fingerprint density at radius 3 is 2.41 bits per heavy atom. The Morgan fingerprint density at radius 1 is 0.946 bits per heavy atom. The van der Waals surface area contributed by atoms with Crippen LogP contribution in [0.25, 0.3) is 5.57 Å². The van der Waals surface area contributed by atoms with E-state index in [2.05, 4.69) is 27.7 Å². The molecule has 0 aromatic heterocycles. The van der Waals surface area contributed by atoms with E-state index in [0.717, 1.165) is 25.3 Å². The second-order valence-corrected chi connectivity index (χ2v) is 11.8. The molecule has 8 heteroatoms. The zero-order chi connectivity index (χ0) is 25.8. The van der Waals surface area contributed by atoms with Crippen molar-refractivity contribution in [2.45, 2.75) is 37.1 Å². The molecule has 3 aromatic rings. The summed E-state index contributed by atoms with van der Waals surface area (Å²) in [7, 11) is -3.54. The summed E-state index contributed by atoms with van der Waals surface area (Å²) < 4.78 is 26.1. The number of carbonyl (C=O) groups excluding carboxylic acids is 1. The Morgan fingerprint density at radius 2 is 1.68 bits per heavy atom. The Kier molecular flexibility index (Phi) is 7.30. The minimum Gasteiger partial charge on any atom is -0.399 e.